The quantitative estimate of drug-likeness (QED) is 0.158. The summed E-state index contributed by atoms with van der Waals surface area (Å²) in [5, 5.41) is 21.9. The standard InChI is InChI=1S/C49H77N3O7/c1-31(2)40-41-33(42(43(40)55)35(53)30-52(25-24-51(10)26-27-58-11)29-32-14-12-13-23-50-32)17-21-48(8)34(41)15-16-37-47(7)20-19-38(59-39(54)28-45(3,4)44(56)57)46(5,6)36(47)18-22-49(37,48)9/h12-14,23,31,33-38,42,53H,15-22,24-30H2,1-11H3,(H,56,57)/t33?,34-,35+,36+,37-,38+,42-,47+,48-,49-/m1/s1. The minimum Gasteiger partial charge on any atom is -0.481 e. The molecule has 4 saturated carbocycles. The van der Waals surface area contributed by atoms with Crippen molar-refractivity contribution in [3.05, 3.63) is 41.2 Å². The van der Waals surface area contributed by atoms with Gasteiger partial charge in [-0.05, 0) is 136 Å². The number of hydrogen-bond donors (Lipinski definition) is 2. The number of aliphatic carboxylic acids is 1. The van der Waals surface area contributed by atoms with E-state index in [4.69, 9.17) is 9.47 Å². The van der Waals surface area contributed by atoms with Gasteiger partial charge in [0.2, 0.25) is 0 Å². The molecule has 5 aliphatic rings. The number of rotatable bonds is 16. The van der Waals surface area contributed by atoms with Gasteiger partial charge in [0.05, 0.1) is 36.2 Å². The van der Waals surface area contributed by atoms with Gasteiger partial charge < -0.3 is 24.6 Å². The van der Waals surface area contributed by atoms with Gasteiger partial charge in [0.25, 0.3) is 0 Å². The van der Waals surface area contributed by atoms with Crippen LogP contribution in [0.25, 0.3) is 0 Å². The number of hydrogen-bond acceptors (Lipinski definition) is 9. The molecule has 0 spiro atoms. The molecule has 1 unspecified atom stereocenters. The molecule has 0 aliphatic heterocycles. The molecule has 10 atom stereocenters. The summed E-state index contributed by atoms with van der Waals surface area (Å²) in [7, 11) is 3.82. The van der Waals surface area contributed by atoms with Crippen LogP contribution in [-0.2, 0) is 30.4 Å². The number of ketones is 1. The van der Waals surface area contributed by atoms with Crippen molar-refractivity contribution in [1.29, 1.82) is 0 Å². The lowest BCUT2D eigenvalue weighted by molar-refractivity contribution is -0.232. The number of methoxy groups -OCH3 is 1. The number of nitrogens with zero attached hydrogens (tertiary/aromatic N) is 3. The zero-order chi connectivity index (χ0) is 43.3. The Bertz CT molecular complexity index is 1730. The van der Waals surface area contributed by atoms with E-state index in [1.807, 2.05) is 24.4 Å². The van der Waals surface area contributed by atoms with Crippen LogP contribution in [0.1, 0.15) is 126 Å². The van der Waals surface area contributed by atoms with Crippen LogP contribution in [0.15, 0.2) is 35.5 Å². The molecule has 330 valence electrons. The topological polar surface area (TPSA) is 130 Å². The first-order chi connectivity index (χ1) is 27.6. The predicted molar refractivity (Wildman–Crippen MR) is 230 cm³/mol. The summed E-state index contributed by atoms with van der Waals surface area (Å²) in [4.78, 5) is 48.9. The lowest BCUT2D eigenvalue weighted by Crippen LogP contribution is -2.65. The molecule has 0 aromatic carbocycles. The van der Waals surface area contributed by atoms with Crippen LogP contribution in [0.3, 0.4) is 0 Å². The second-order valence-electron chi connectivity index (χ2n) is 21.8. The maximum Gasteiger partial charge on any atom is 0.309 e. The second kappa shape index (κ2) is 17.2. The molecule has 5 aliphatic carbocycles. The molecular formula is C49H77N3O7. The maximum atomic E-state index is 14.8. The van der Waals surface area contributed by atoms with Crippen molar-refractivity contribution in [2.75, 3.05) is 46.9 Å². The van der Waals surface area contributed by atoms with Gasteiger partial charge in [0.15, 0.2) is 5.78 Å². The van der Waals surface area contributed by atoms with Gasteiger partial charge in [-0.15, -0.1) is 0 Å². The molecule has 1 heterocycles. The fraction of sp³-hybridized carbons (Fsp3) is 0.796. The molecule has 59 heavy (non-hydrogen) atoms. The molecule has 0 radical (unpaired) electrons. The van der Waals surface area contributed by atoms with Gasteiger partial charge >= 0.3 is 11.9 Å². The first kappa shape index (κ1) is 45.9. The minimum atomic E-state index is -1.17. The third kappa shape index (κ3) is 8.35. The fourth-order valence-corrected chi connectivity index (χ4v) is 13.9. The summed E-state index contributed by atoms with van der Waals surface area (Å²) >= 11 is 0. The third-order valence-electron chi connectivity index (χ3n) is 17.3. The van der Waals surface area contributed by atoms with Crippen molar-refractivity contribution in [3.63, 3.8) is 0 Å². The summed E-state index contributed by atoms with van der Waals surface area (Å²) in [6, 6.07) is 5.96. The summed E-state index contributed by atoms with van der Waals surface area (Å²) in [6.45, 7) is 23.8. The van der Waals surface area contributed by atoms with Crippen LogP contribution in [0.4, 0.5) is 0 Å². The van der Waals surface area contributed by atoms with E-state index in [0.717, 1.165) is 82.3 Å². The summed E-state index contributed by atoms with van der Waals surface area (Å²) in [5.41, 5.74) is 2.08. The lowest BCUT2D eigenvalue weighted by atomic mass is 9.33. The molecule has 2 N–H and O–H groups in total. The molecule has 0 amide bonds. The number of aromatic nitrogens is 1. The Kier molecular flexibility index (Phi) is 13.4. The third-order valence-corrected chi connectivity index (χ3v) is 17.3. The highest BCUT2D eigenvalue weighted by molar-refractivity contribution is 6.02. The smallest absolute Gasteiger partial charge is 0.309 e. The van der Waals surface area contributed by atoms with E-state index in [0.29, 0.717) is 37.5 Å². The average Bonchev–Trinajstić information content (AvgIpc) is 3.46. The SMILES string of the molecule is COCCN(C)CCN(Cc1ccccn1)C[C@H](O)[C@@H]1C(=O)C(C(C)C)=C2C1CC[C@]1(C)[C@@H]2CC[C@@H]2[C@@]3(C)CC[C@H](OC(=O)CC(C)(C)C(=O)O)C(C)(C)[C@@H]3CC[C@]21C. The van der Waals surface area contributed by atoms with Gasteiger partial charge in [-0.25, -0.2) is 0 Å². The number of carbonyl (C=O) groups is 3. The molecule has 1 aromatic heterocycles. The Morgan fingerprint density at radius 3 is 2.31 bits per heavy atom. The zero-order valence-corrected chi connectivity index (χ0v) is 38.3. The predicted octanol–water partition coefficient (Wildman–Crippen LogP) is 8.07. The van der Waals surface area contributed by atoms with Crippen molar-refractivity contribution < 1.29 is 34.1 Å². The molecule has 10 heteroatoms. The van der Waals surface area contributed by atoms with Gasteiger partial charge in [0.1, 0.15) is 6.10 Å². The van der Waals surface area contributed by atoms with Crippen molar-refractivity contribution in [2.45, 2.75) is 139 Å². The number of pyridine rings is 1. The molecular weight excluding hydrogens is 743 g/mol. The Labute approximate surface area is 355 Å². The van der Waals surface area contributed by atoms with Crippen molar-refractivity contribution in [1.82, 2.24) is 14.8 Å². The van der Waals surface area contributed by atoms with Crippen LogP contribution >= 0.6 is 0 Å². The zero-order valence-electron chi connectivity index (χ0n) is 38.3. The summed E-state index contributed by atoms with van der Waals surface area (Å²) < 4.78 is 11.5. The summed E-state index contributed by atoms with van der Waals surface area (Å²) in [6.07, 6.45) is 8.70. The Hall–Kier alpha value is -2.66. The van der Waals surface area contributed by atoms with Gasteiger partial charge in [-0.1, -0.05) is 60.1 Å². The van der Waals surface area contributed by atoms with Crippen LogP contribution in [-0.4, -0.2) is 102 Å². The van der Waals surface area contributed by atoms with E-state index in [1.54, 1.807) is 21.0 Å². The molecule has 4 fully saturated rings. The van der Waals surface area contributed by atoms with E-state index in [1.165, 1.54) is 5.57 Å². The van der Waals surface area contributed by atoms with Gasteiger partial charge in [-0.3, -0.25) is 24.3 Å². The van der Waals surface area contributed by atoms with Crippen molar-refractivity contribution in [3.8, 4) is 0 Å². The number of carboxylic acid groups (broad SMARTS) is 1. The highest BCUT2D eigenvalue weighted by Gasteiger charge is 2.69. The number of esters is 1. The number of carbonyl (C=O) groups excluding carboxylic acids is 2. The van der Waals surface area contributed by atoms with Crippen molar-refractivity contribution in [2.24, 2.45) is 62.6 Å². The highest BCUT2D eigenvalue weighted by Crippen LogP contribution is 2.76. The van der Waals surface area contributed by atoms with E-state index in [-0.39, 0.29) is 51.8 Å². The number of ether oxygens (including phenoxy) is 2. The second-order valence-corrected chi connectivity index (χ2v) is 21.8. The lowest BCUT2D eigenvalue weighted by Gasteiger charge is -2.71. The number of aliphatic hydroxyl groups excluding tert-OH is 1. The Morgan fingerprint density at radius 1 is 0.949 bits per heavy atom. The maximum absolute atomic E-state index is 14.8. The van der Waals surface area contributed by atoms with Gasteiger partial charge in [-0.2, -0.15) is 0 Å². The van der Waals surface area contributed by atoms with Crippen LogP contribution in [0.2, 0.25) is 0 Å². The van der Waals surface area contributed by atoms with Crippen molar-refractivity contribution >= 4 is 17.7 Å². The molecule has 0 saturated heterocycles. The fourth-order valence-electron chi connectivity index (χ4n) is 13.9. The Balaban J connectivity index is 1.22. The number of carboxylic acids is 1. The normalized spacial score (nSPS) is 34.7. The Morgan fingerprint density at radius 2 is 1.66 bits per heavy atom. The number of fused-ring (bicyclic) bond motifs is 7. The van der Waals surface area contributed by atoms with E-state index >= 15 is 0 Å². The number of likely N-dealkylation sites (N-methyl/N-ethyl adjacent to an activating group) is 1. The van der Waals surface area contributed by atoms with Crippen LogP contribution in [0, 0.1) is 62.6 Å². The number of allylic oxidation sites excluding steroid dienone is 2. The van der Waals surface area contributed by atoms with E-state index < -0.39 is 29.4 Å². The van der Waals surface area contributed by atoms with Crippen LogP contribution in [0.5, 0.6) is 0 Å². The largest absolute Gasteiger partial charge is 0.481 e. The van der Waals surface area contributed by atoms with E-state index in [9.17, 15) is 24.6 Å². The molecule has 0 bridgehead atoms. The molecule has 1 aromatic rings. The minimum absolute atomic E-state index is 0.0175. The highest BCUT2D eigenvalue weighted by atomic mass is 16.5. The van der Waals surface area contributed by atoms with E-state index in [2.05, 4.69) is 70.3 Å². The van der Waals surface area contributed by atoms with Crippen LogP contribution < -0.4 is 0 Å². The first-order valence-electron chi connectivity index (χ1n) is 22.8. The number of aliphatic hydroxyl groups is 1. The molecule has 6 rings (SSSR count). The van der Waals surface area contributed by atoms with Gasteiger partial charge in [0, 0.05) is 51.4 Å². The monoisotopic (exact) mass is 820 g/mol. The summed E-state index contributed by atoms with van der Waals surface area (Å²) in [5.74, 6) is -0.320. The average molecular weight is 820 g/mol. The molecule has 10 nitrogen and oxygen atoms in total. The number of Topliss-reactive ketones (excluding diaryl/α,β-unsaturated/α-hetero) is 1. The first-order valence-corrected chi connectivity index (χ1v) is 22.8.